The van der Waals surface area contributed by atoms with Gasteiger partial charge in [0, 0.05) is 27.8 Å². The van der Waals surface area contributed by atoms with E-state index in [1.165, 1.54) is 89.0 Å². The lowest BCUT2D eigenvalue weighted by Crippen LogP contribution is -2.17. The van der Waals surface area contributed by atoms with Gasteiger partial charge in [-0.05, 0) is 114 Å². The summed E-state index contributed by atoms with van der Waals surface area (Å²) in [5, 5.41) is 0. The van der Waals surface area contributed by atoms with Gasteiger partial charge in [-0.3, -0.25) is 0 Å². The molecule has 61 heavy (non-hydrogen) atoms. The molecule has 1 heteroatoms. The second-order valence-corrected chi connectivity index (χ2v) is 17.7. The Labute approximate surface area is 360 Å². The van der Waals surface area contributed by atoms with Crippen LogP contribution in [0.1, 0.15) is 49.9 Å². The van der Waals surface area contributed by atoms with Gasteiger partial charge < -0.3 is 4.90 Å². The Morgan fingerprint density at radius 3 is 1.39 bits per heavy atom. The van der Waals surface area contributed by atoms with Crippen LogP contribution in [0.4, 0.5) is 17.1 Å². The van der Waals surface area contributed by atoms with Gasteiger partial charge in [0.1, 0.15) is 0 Å². The SMILES string of the molecule is CC1(C)c2ccccc2-c2ccc(N(c3ccc(-c4ccc(-c5ccccc5)cc4)cc3)c3cccc(-c4ccccc4)c3-c3cccc4c3-c3ccccc3C4(C)C)cc21. The van der Waals surface area contributed by atoms with E-state index >= 15 is 0 Å². The number of anilines is 3. The molecule has 1 nitrogen and oxygen atoms in total. The predicted molar refractivity (Wildman–Crippen MR) is 258 cm³/mol. The maximum Gasteiger partial charge on any atom is 0.0546 e. The minimum atomic E-state index is -0.145. The zero-order chi connectivity index (χ0) is 41.3. The second-order valence-electron chi connectivity index (χ2n) is 17.7. The summed E-state index contributed by atoms with van der Waals surface area (Å²) in [4.78, 5) is 2.51. The van der Waals surface area contributed by atoms with Crippen LogP contribution >= 0.6 is 0 Å². The van der Waals surface area contributed by atoms with E-state index in [1.807, 2.05) is 0 Å². The molecule has 292 valence electrons. The molecule has 0 unspecified atom stereocenters. The van der Waals surface area contributed by atoms with E-state index in [1.54, 1.807) is 0 Å². The molecule has 0 spiro atoms. The molecule has 0 fully saturated rings. The minimum absolute atomic E-state index is 0.126. The molecule has 0 bridgehead atoms. The highest BCUT2D eigenvalue weighted by Gasteiger charge is 2.39. The van der Waals surface area contributed by atoms with Gasteiger partial charge in [0.25, 0.3) is 0 Å². The Morgan fingerprint density at radius 2 is 0.721 bits per heavy atom. The third-order valence-electron chi connectivity index (χ3n) is 13.5. The fourth-order valence-corrected chi connectivity index (χ4v) is 10.4. The molecule has 2 aliphatic rings. The Kier molecular flexibility index (Phi) is 8.58. The first-order chi connectivity index (χ1) is 29.8. The third-order valence-corrected chi connectivity index (χ3v) is 13.5. The summed E-state index contributed by atoms with van der Waals surface area (Å²) >= 11 is 0. The van der Waals surface area contributed by atoms with E-state index < -0.39 is 0 Å². The van der Waals surface area contributed by atoms with Crippen LogP contribution in [0.3, 0.4) is 0 Å². The highest BCUT2D eigenvalue weighted by atomic mass is 15.1. The predicted octanol–water partition coefficient (Wildman–Crippen LogP) is 16.4. The van der Waals surface area contributed by atoms with Crippen molar-refractivity contribution in [2.45, 2.75) is 38.5 Å². The summed E-state index contributed by atoms with van der Waals surface area (Å²) in [5.41, 5.74) is 23.6. The van der Waals surface area contributed by atoms with E-state index in [0.717, 1.165) is 17.1 Å². The Balaban J connectivity index is 1.14. The van der Waals surface area contributed by atoms with Crippen LogP contribution in [0.2, 0.25) is 0 Å². The molecule has 2 aliphatic carbocycles. The number of fused-ring (bicyclic) bond motifs is 6. The first-order valence-corrected chi connectivity index (χ1v) is 21.5. The molecule has 0 saturated heterocycles. The molecular formula is C60H47N. The standard InChI is InChI=1S/C60H47N/c1-59(2)53-26-14-12-22-50(53)57-51(24-15-27-54(57)59)58-47(44-19-9-6-10-20-44)23-16-28-56(58)61(46-37-38-49-48-21-11-13-25-52(48)60(3,4)55(49)39-46)45-35-33-43(34-36-45)42-31-29-41(30-32-42)40-17-7-5-8-18-40/h5-39H,1-4H3. The summed E-state index contributed by atoms with van der Waals surface area (Å²) in [6.45, 7) is 9.49. The molecule has 0 aromatic heterocycles. The molecule has 0 radical (unpaired) electrons. The summed E-state index contributed by atoms with van der Waals surface area (Å²) < 4.78 is 0. The van der Waals surface area contributed by atoms with E-state index in [9.17, 15) is 0 Å². The van der Waals surface area contributed by atoms with Crippen LogP contribution in [0.5, 0.6) is 0 Å². The average molecular weight is 782 g/mol. The van der Waals surface area contributed by atoms with Crippen molar-refractivity contribution in [2.75, 3.05) is 4.90 Å². The van der Waals surface area contributed by atoms with Gasteiger partial charge in [0.15, 0.2) is 0 Å². The van der Waals surface area contributed by atoms with Gasteiger partial charge in [-0.15, -0.1) is 0 Å². The van der Waals surface area contributed by atoms with Crippen molar-refractivity contribution in [3.63, 3.8) is 0 Å². The number of hydrogen-bond donors (Lipinski definition) is 0. The minimum Gasteiger partial charge on any atom is -0.310 e. The smallest absolute Gasteiger partial charge is 0.0546 e. The number of rotatable bonds is 7. The molecule has 0 N–H and O–H groups in total. The molecule has 0 amide bonds. The molecule has 9 aromatic rings. The highest BCUT2D eigenvalue weighted by Crippen LogP contribution is 2.56. The summed E-state index contributed by atoms with van der Waals surface area (Å²) in [5.74, 6) is 0. The molecule has 11 rings (SSSR count). The van der Waals surface area contributed by atoms with Gasteiger partial charge >= 0.3 is 0 Å². The zero-order valence-corrected chi connectivity index (χ0v) is 35.2. The average Bonchev–Trinajstić information content (AvgIpc) is 3.69. The first-order valence-electron chi connectivity index (χ1n) is 21.5. The number of hydrogen-bond acceptors (Lipinski definition) is 1. The van der Waals surface area contributed by atoms with Crippen LogP contribution < -0.4 is 4.90 Å². The van der Waals surface area contributed by atoms with E-state index in [2.05, 4.69) is 245 Å². The quantitative estimate of drug-likeness (QED) is 0.156. The third kappa shape index (κ3) is 5.91. The van der Waals surface area contributed by atoms with Crippen molar-refractivity contribution < 1.29 is 0 Å². The van der Waals surface area contributed by atoms with Crippen LogP contribution in [0.25, 0.3) is 66.8 Å². The van der Waals surface area contributed by atoms with Gasteiger partial charge in [0.05, 0.1) is 5.69 Å². The van der Waals surface area contributed by atoms with Crippen molar-refractivity contribution in [3.05, 3.63) is 235 Å². The summed E-state index contributed by atoms with van der Waals surface area (Å²) in [6, 6.07) is 78.6. The molecular weight excluding hydrogens is 735 g/mol. The van der Waals surface area contributed by atoms with Crippen LogP contribution in [-0.4, -0.2) is 0 Å². The largest absolute Gasteiger partial charge is 0.310 e. The molecule has 0 saturated carbocycles. The lowest BCUT2D eigenvalue weighted by atomic mass is 9.81. The fourth-order valence-electron chi connectivity index (χ4n) is 10.4. The van der Waals surface area contributed by atoms with Crippen LogP contribution in [-0.2, 0) is 10.8 Å². The lowest BCUT2D eigenvalue weighted by Gasteiger charge is -2.31. The number of benzene rings is 9. The van der Waals surface area contributed by atoms with Crippen molar-refractivity contribution in [2.24, 2.45) is 0 Å². The highest BCUT2D eigenvalue weighted by molar-refractivity contribution is 6.04. The normalized spacial score (nSPS) is 13.8. The van der Waals surface area contributed by atoms with Crippen molar-refractivity contribution in [1.29, 1.82) is 0 Å². The van der Waals surface area contributed by atoms with Gasteiger partial charge in [0.2, 0.25) is 0 Å². The Hall–Kier alpha value is -7.22. The van der Waals surface area contributed by atoms with Crippen molar-refractivity contribution in [3.8, 4) is 66.8 Å². The lowest BCUT2D eigenvalue weighted by molar-refractivity contribution is 0.660. The molecule has 0 atom stereocenters. The molecule has 0 heterocycles. The van der Waals surface area contributed by atoms with Crippen LogP contribution in [0, 0.1) is 0 Å². The summed E-state index contributed by atoms with van der Waals surface area (Å²) in [6.07, 6.45) is 0. The molecule has 9 aromatic carbocycles. The van der Waals surface area contributed by atoms with Gasteiger partial charge in [-0.1, -0.05) is 210 Å². The second kappa shape index (κ2) is 14.2. The topological polar surface area (TPSA) is 3.24 Å². The van der Waals surface area contributed by atoms with E-state index in [0.29, 0.717) is 0 Å². The maximum atomic E-state index is 2.51. The van der Waals surface area contributed by atoms with Crippen molar-refractivity contribution in [1.82, 2.24) is 0 Å². The fraction of sp³-hybridized carbons (Fsp3) is 0.100. The van der Waals surface area contributed by atoms with E-state index in [-0.39, 0.29) is 10.8 Å². The monoisotopic (exact) mass is 781 g/mol. The molecule has 0 aliphatic heterocycles. The Morgan fingerprint density at radius 1 is 0.279 bits per heavy atom. The Bertz CT molecular complexity index is 3100. The van der Waals surface area contributed by atoms with Gasteiger partial charge in [-0.2, -0.15) is 0 Å². The van der Waals surface area contributed by atoms with E-state index in [4.69, 9.17) is 0 Å². The van der Waals surface area contributed by atoms with Crippen LogP contribution in [0.15, 0.2) is 212 Å². The van der Waals surface area contributed by atoms with Crippen molar-refractivity contribution >= 4 is 17.1 Å². The first kappa shape index (κ1) is 36.8. The number of nitrogens with zero attached hydrogens (tertiary/aromatic N) is 1. The summed E-state index contributed by atoms with van der Waals surface area (Å²) in [7, 11) is 0. The zero-order valence-electron chi connectivity index (χ0n) is 35.2. The maximum absolute atomic E-state index is 2.51. The van der Waals surface area contributed by atoms with Gasteiger partial charge in [-0.25, -0.2) is 0 Å².